The first-order valence-electron chi connectivity index (χ1n) is 6.90. The Morgan fingerprint density at radius 2 is 1.96 bits per heavy atom. The molecule has 0 heterocycles. The van der Waals surface area contributed by atoms with Crippen molar-refractivity contribution in [2.75, 3.05) is 12.4 Å². The van der Waals surface area contributed by atoms with Gasteiger partial charge in [0.2, 0.25) is 6.23 Å². The number of halogens is 1. The van der Waals surface area contributed by atoms with Crippen molar-refractivity contribution in [2.24, 2.45) is 0 Å². The van der Waals surface area contributed by atoms with Crippen LogP contribution in [0.25, 0.3) is 0 Å². The predicted molar refractivity (Wildman–Crippen MR) is 89.7 cm³/mol. The summed E-state index contributed by atoms with van der Waals surface area (Å²) < 4.78 is 20.6. The maximum atomic E-state index is 12.1. The zero-order chi connectivity index (χ0) is 18.4. The minimum Gasteiger partial charge on any atom is -0.566 e. The lowest BCUT2D eigenvalue weighted by Gasteiger charge is -2.16. The molecule has 3 N–H and O–H groups in total. The van der Waals surface area contributed by atoms with Crippen LogP contribution in [0.3, 0.4) is 0 Å². The SMILES string of the molecule is COc1cc(C(NC(=O)Nc2ccc(Cl)cc2)O[P+](=O)[O-])ccc1O. The van der Waals surface area contributed by atoms with Gasteiger partial charge in [-0.2, -0.15) is 0 Å². The monoisotopic (exact) mass is 384 g/mol. The average molecular weight is 385 g/mol. The van der Waals surface area contributed by atoms with Gasteiger partial charge in [-0.15, -0.1) is 4.52 Å². The molecule has 0 fully saturated rings. The number of carbonyl (C=O) groups is 1. The number of ether oxygens (including phenoxy) is 1. The molecule has 132 valence electrons. The second-order valence-electron chi connectivity index (χ2n) is 4.75. The van der Waals surface area contributed by atoms with Crippen molar-refractivity contribution in [1.29, 1.82) is 0 Å². The maximum Gasteiger partial charge on any atom is 0.491 e. The molecule has 0 saturated carbocycles. The number of carbonyl (C=O) groups excluding carboxylic acids is 1. The molecule has 2 unspecified atom stereocenters. The molecule has 2 rings (SSSR count). The first-order chi connectivity index (χ1) is 11.9. The van der Waals surface area contributed by atoms with Crippen LogP contribution < -0.4 is 20.3 Å². The molecule has 2 atom stereocenters. The number of amides is 2. The number of anilines is 1. The van der Waals surface area contributed by atoms with Gasteiger partial charge in [0.1, 0.15) is 0 Å². The van der Waals surface area contributed by atoms with E-state index in [-0.39, 0.29) is 17.1 Å². The van der Waals surface area contributed by atoms with Crippen LogP contribution in [0.1, 0.15) is 11.8 Å². The molecule has 2 aromatic carbocycles. The van der Waals surface area contributed by atoms with Gasteiger partial charge in [-0.1, -0.05) is 17.7 Å². The van der Waals surface area contributed by atoms with Gasteiger partial charge in [0.25, 0.3) is 0 Å². The lowest BCUT2D eigenvalue weighted by molar-refractivity contribution is -0.190. The van der Waals surface area contributed by atoms with E-state index in [0.29, 0.717) is 10.7 Å². The molecule has 0 radical (unpaired) electrons. The molecule has 8 nitrogen and oxygen atoms in total. The van der Waals surface area contributed by atoms with Gasteiger partial charge in [-0.3, -0.25) is 0 Å². The highest BCUT2D eigenvalue weighted by atomic mass is 35.5. The molecule has 10 heteroatoms. The summed E-state index contributed by atoms with van der Waals surface area (Å²) in [4.78, 5) is 23.0. The highest BCUT2D eigenvalue weighted by molar-refractivity contribution is 7.30. The van der Waals surface area contributed by atoms with E-state index in [9.17, 15) is 19.4 Å². The summed E-state index contributed by atoms with van der Waals surface area (Å²) in [6.07, 6.45) is -1.30. The summed E-state index contributed by atoms with van der Waals surface area (Å²) in [5.74, 6) is -0.0331. The van der Waals surface area contributed by atoms with E-state index in [4.69, 9.17) is 20.9 Å². The minimum atomic E-state index is -3.24. The molecule has 2 aromatic rings. The largest absolute Gasteiger partial charge is 0.566 e. The predicted octanol–water partition coefficient (Wildman–Crippen LogP) is 2.91. The van der Waals surface area contributed by atoms with Crippen molar-refractivity contribution in [3.63, 3.8) is 0 Å². The molecule has 0 aromatic heterocycles. The third kappa shape index (κ3) is 5.58. The number of urea groups is 1. The van der Waals surface area contributed by atoms with Gasteiger partial charge in [-0.25, -0.2) is 4.79 Å². The molecule has 0 spiro atoms. The van der Waals surface area contributed by atoms with Gasteiger partial charge in [0.15, 0.2) is 11.5 Å². The summed E-state index contributed by atoms with van der Waals surface area (Å²) in [6, 6.07) is 9.67. The van der Waals surface area contributed by atoms with Crippen LogP contribution in [0.2, 0.25) is 5.02 Å². The van der Waals surface area contributed by atoms with Gasteiger partial charge in [-0.05, 0) is 41.0 Å². The Bertz CT molecular complexity index is 771. The molecule has 0 aliphatic rings. The number of rotatable bonds is 6. The van der Waals surface area contributed by atoms with Crippen LogP contribution in [-0.2, 0) is 9.09 Å². The Hall–Kier alpha value is -2.38. The van der Waals surface area contributed by atoms with Crippen molar-refractivity contribution < 1.29 is 28.6 Å². The van der Waals surface area contributed by atoms with Crippen molar-refractivity contribution in [3.05, 3.63) is 53.1 Å². The van der Waals surface area contributed by atoms with E-state index >= 15 is 0 Å². The quantitative estimate of drug-likeness (QED) is 0.520. The number of phenolic OH excluding ortho intramolecular Hbond substituents is 1. The van der Waals surface area contributed by atoms with Crippen LogP contribution in [-0.4, -0.2) is 18.2 Å². The number of hydrogen-bond acceptors (Lipinski definition) is 6. The molecular weight excluding hydrogens is 371 g/mol. The maximum absolute atomic E-state index is 12.1. The Labute approximate surface area is 149 Å². The van der Waals surface area contributed by atoms with Crippen molar-refractivity contribution in [3.8, 4) is 11.5 Å². The van der Waals surface area contributed by atoms with E-state index in [2.05, 4.69) is 10.6 Å². The Balaban J connectivity index is 2.15. The lowest BCUT2D eigenvalue weighted by atomic mass is 10.2. The number of aromatic hydroxyl groups is 1. The third-order valence-corrected chi connectivity index (χ3v) is 3.70. The van der Waals surface area contributed by atoms with Crippen LogP contribution in [0.4, 0.5) is 10.5 Å². The van der Waals surface area contributed by atoms with Crippen molar-refractivity contribution in [1.82, 2.24) is 5.32 Å². The highest BCUT2D eigenvalue weighted by Crippen LogP contribution is 2.32. The fraction of sp³-hybridized carbons (Fsp3) is 0.133. The normalized spacial score (nSPS) is 12.2. The van der Waals surface area contributed by atoms with Crippen LogP contribution >= 0.6 is 19.9 Å². The van der Waals surface area contributed by atoms with Gasteiger partial charge < -0.3 is 25.4 Å². The fourth-order valence-corrected chi connectivity index (χ4v) is 2.41. The number of hydrogen-bond donors (Lipinski definition) is 3. The van der Waals surface area contributed by atoms with Gasteiger partial charge in [0.05, 0.1) is 7.11 Å². The smallest absolute Gasteiger partial charge is 0.491 e. The molecule has 0 aliphatic carbocycles. The summed E-state index contributed by atoms with van der Waals surface area (Å²) >= 11 is 5.76. The van der Waals surface area contributed by atoms with Crippen LogP contribution in [0, 0.1) is 0 Å². The minimum absolute atomic E-state index is 0.104. The number of phenols is 1. The number of nitrogens with one attached hydrogen (secondary N) is 2. The van der Waals surface area contributed by atoms with Crippen LogP contribution in [0.15, 0.2) is 42.5 Å². The van der Waals surface area contributed by atoms with Crippen molar-refractivity contribution in [2.45, 2.75) is 6.23 Å². The molecule has 25 heavy (non-hydrogen) atoms. The molecule has 2 amide bonds. The standard InChI is InChI=1S/C15H14ClN2O6P/c1-23-13-8-9(2-7-12(13)19)14(24-25(21)22)18-15(20)17-11-5-3-10(16)4-6-11/h2-8,14,19H,1H3,(H2,17,18,20). The Kier molecular flexibility index (Phi) is 6.55. The second kappa shape index (κ2) is 8.64. The summed E-state index contributed by atoms with van der Waals surface area (Å²) in [5, 5.41) is 15.0. The highest BCUT2D eigenvalue weighted by Gasteiger charge is 2.23. The molecule has 0 aliphatic heterocycles. The van der Waals surface area contributed by atoms with Gasteiger partial charge in [0, 0.05) is 16.3 Å². The van der Waals surface area contributed by atoms with E-state index in [1.54, 1.807) is 24.3 Å². The van der Waals surface area contributed by atoms with E-state index < -0.39 is 20.5 Å². The topological polar surface area (TPSA) is 120 Å². The van der Waals surface area contributed by atoms with Crippen molar-refractivity contribution >= 4 is 31.6 Å². The number of benzene rings is 2. The number of methoxy groups -OCH3 is 1. The fourth-order valence-electron chi connectivity index (χ4n) is 1.93. The summed E-state index contributed by atoms with van der Waals surface area (Å²) in [5.41, 5.74) is 0.718. The molecule has 0 bridgehead atoms. The van der Waals surface area contributed by atoms with E-state index in [1.165, 1.54) is 25.3 Å². The van der Waals surface area contributed by atoms with E-state index in [1.807, 2.05) is 0 Å². The Morgan fingerprint density at radius 1 is 1.28 bits per heavy atom. The third-order valence-electron chi connectivity index (χ3n) is 3.06. The molecule has 0 saturated heterocycles. The second-order valence-corrected chi connectivity index (χ2v) is 5.84. The van der Waals surface area contributed by atoms with E-state index in [0.717, 1.165) is 0 Å². The zero-order valence-corrected chi connectivity index (χ0v) is 14.6. The van der Waals surface area contributed by atoms with Crippen LogP contribution in [0.5, 0.6) is 11.5 Å². The summed E-state index contributed by atoms with van der Waals surface area (Å²) in [6.45, 7) is 0. The Morgan fingerprint density at radius 3 is 2.56 bits per heavy atom. The lowest BCUT2D eigenvalue weighted by Crippen LogP contribution is -2.33. The van der Waals surface area contributed by atoms with Gasteiger partial charge >= 0.3 is 14.3 Å². The molecular formula is C15H14ClN2O6P. The zero-order valence-electron chi connectivity index (χ0n) is 12.9. The average Bonchev–Trinajstić information content (AvgIpc) is 2.56. The first-order valence-corrected chi connectivity index (χ1v) is 8.37. The summed E-state index contributed by atoms with van der Waals surface area (Å²) in [7, 11) is -1.91. The first kappa shape index (κ1) is 19.0.